The van der Waals surface area contributed by atoms with Crippen molar-refractivity contribution >= 4 is 29.3 Å². The Bertz CT molecular complexity index is 423. The third-order valence-corrected chi connectivity index (χ3v) is 3.00. The number of thiophene rings is 1. The van der Waals surface area contributed by atoms with Crippen molar-refractivity contribution in [2.75, 3.05) is 0 Å². The summed E-state index contributed by atoms with van der Waals surface area (Å²) in [6.45, 7) is 3.37. The lowest BCUT2D eigenvalue weighted by Gasteiger charge is -2.05. The van der Waals surface area contributed by atoms with Crippen molar-refractivity contribution < 1.29 is 14.7 Å². The number of rotatable bonds is 4. The number of aliphatic carboxylic acids is 1. The fraction of sp³-hybridized carbons (Fsp3) is 0.273. The molecule has 1 atom stereocenters. The third-order valence-electron chi connectivity index (χ3n) is 2.02. The minimum atomic E-state index is -1.05. The molecule has 0 spiro atoms. The number of carbonyl (C=O) groups is 2. The van der Waals surface area contributed by atoms with Crippen LogP contribution in [0.25, 0.3) is 6.08 Å². The van der Waals surface area contributed by atoms with E-state index >= 15 is 0 Å². The zero-order chi connectivity index (χ0) is 12.1. The van der Waals surface area contributed by atoms with Gasteiger partial charge in [-0.25, -0.2) is 0 Å². The number of nitrogens with one attached hydrogen (secondary N) is 1. The second-order valence-corrected chi connectivity index (χ2v) is 4.32. The number of aryl methyl sites for hydroxylation is 1. The lowest BCUT2D eigenvalue weighted by molar-refractivity contribution is -0.140. The zero-order valence-corrected chi connectivity index (χ0v) is 9.88. The summed E-state index contributed by atoms with van der Waals surface area (Å²) >= 11 is 1.53. The van der Waals surface area contributed by atoms with Crippen molar-refractivity contribution in [3.8, 4) is 0 Å². The molecule has 2 N–H and O–H groups in total. The molecule has 4 nitrogen and oxygen atoms in total. The van der Waals surface area contributed by atoms with Gasteiger partial charge in [0.15, 0.2) is 0 Å². The van der Waals surface area contributed by atoms with Gasteiger partial charge in [0.05, 0.1) is 0 Å². The topological polar surface area (TPSA) is 66.4 Å². The highest BCUT2D eigenvalue weighted by molar-refractivity contribution is 7.11. The summed E-state index contributed by atoms with van der Waals surface area (Å²) in [5.41, 5.74) is 1.10. The fourth-order valence-corrected chi connectivity index (χ4v) is 1.85. The van der Waals surface area contributed by atoms with E-state index in [1.807, 2.05) is 18.4 Å². The molecule has 1 aromatic rings. The number of carbonyl (C=O) groups excluding carboxylic acids is 1. The molecule has 1 aromatic heterocycles. The van der Waals surface area contributed by atoms with E-state index in [4.69, 9.17) is 5.11 Å². The van der Waals surface area contributed by atoms with E-state index in [-0.39, 0.29) is 0 Å². The van der Waals surface area contributed by atoms with Crippen LogP contribution in [-0.2, 0) is 9.59 Å². The van der Waals surface area contributed by atoms with Crippen LogP contribution in [0, 0.1) is 6.92 Å². The van der Waals surface area contributed by atoms with Crippen LogP contribution in [0.3, 0.4) is 0 Å². The van der Waals surface area contributed by atoms with E-state index < -0.39 is 17.9 Å². The number of amides is 1. The summed E-state index contributed by atoms with van der Waals surface area (Å²) in [6.07, 6.45) is 3.03. The Kier molecular flexibility index (Phi) is 4.25. The minimum Gasteiger partial charge on any atom is -0.480 e. The van der Waals surface area contributed by atoms with E-state index in [0.717, 1.165) is 10.4 Å². The number of hydrogen-bond acceptors (Lipinski definition) is 3. The normalized spacial score (nSPS) is 12.6. The predicted molar refractivity (Wildman–Crippen MR) is 63.3 cm³/mol. The Morgan fingerprint density at radius 1 is 1.56 bits per heavy atom. The van der Waals surface area contributed by atoms with Crippen LogP contribution in [0.2, 0.25) is 0 Å². The van der Waals surface area contributed by atoms with E-state index in [9.17, 15) is 9.59 Å². The molecule has 1 amide bonds. The van der Waals surface area contributed by atoms with Crippen LogP contribution in [0.4, 0.5) is 0 Å². The van der Waals surface area contributed by atoms with Gasteiger partial charge in [-0.15, -0.1) is 11.3 Å². The highest BCUT2D eigenvalue weighted by atomic mass is 32.1. The van der Waals surface area contributed by atoms with Gasteiger partial charge in [-0.05, 0) is 36.9 Å². The average Bonchev–Trinajstić information content (AvgIpc) is 2.61. The second kappa shape index (κ2) is 5.46. The highest BCUT2D eigenvalue weighted by Gasteiger charge is 2.11. The number of hydrogen-bond donors (Lipinski definition) is 2. The van der Waals surface area contributed by atoms with E-state index in [2.05, 4.69) is 5.32 Å². The monoisotopic (exact) mass is 239 g/mol. The fourth-order valence-electron chi connectivity index (χ4n) is 1.03. The van der Waals surface area contributed by atoms with Gasteiger partial charge >= 0.3 is 5.97 Å². The molecule has 0 saturated heterocycles. The van der Waals surface area contributed by atoms with E-state index in [1.165, 1.54) is 24.3 Å². The van der Waals surface area contributed by atoms with Gasteiger partial charge in [-0.2, -0.15) is 0 Å². The molecule has 0 aliphatic heterocycles. The maximum absolute atomic E-state index is 11.3. The van der Waals surface area contributed by atoms with Crippen LogP contribution in [0.15, 0.2) is 17.5 Å². The molecule has 1 heterocycles. The summed E-state index contributed by atoms with van der Waals surface area (Å²) in [6, 6.07) is 1.09. The Hall–Kier alpha value is -1.62. The van der Waals surface area contributed by atoms with Gasteiger partial charge in [-0.3, -0.25) is 9.59 Å². The summed E-state index contributed by atoms with van der Waals surface area (Å²) in [5.74, 6) is -1.45. The summed E-state index contributed by atoms with van der Waals surface area (Å²) in [5, 5.41) is 12.9. The van der Waals surface area contributed by atoms with Crippen LogP contribution in [-0.4, -0.2) is 23.0 Å². The van der Waals surface area contributed by atoms with Crippen molar-refractivity contribution in [1.29, 1.82) is 0 Å². The largest absolute Gasteiger partial charge is 0.480 e. The number of carboxylic acids is 1. The molecule has 5 heteroatoms. The van der Waals surface area contributed by atoms with Crippen molar-refractivity contribution in [3.05, 3.63) is 28.0 Å². The lowest BCUT2D eigenvalue weighted by Crippen LogP contribution is -2.37. The van der Waals surface area contributed by atoms with Crippen molar-refractivity contribution in [3.63, 3.8) is 0 Å². The van der Waals surface area contributed by atoms with Gasteiger partial charge < -0.3 is 10.4 Å². The van der Waals surface area contributed by atoms with Crippen LogP contribution in [0.1, 0.15) is 17.4 Å². The maximum atomic E-state index is 11.3. The smallest absolute Gasteiger partial charge is 0.325 e. The van der Waals surface area contributed by atoms with Gasteiger partial charge in [-0.1, -0.05) is 0 Å². The molecule has 16 heavy (non-hydrogen) atoms. The first-order chi connectivity index (χ1) is 7.50. The SMILES string of the molecule is Cc1ccsc1/C=C/C(=O)N[C@@H](C)C(=O)O. The molecule has 0 bridgehead atoms. The van der Waals surface area contributed by atoms with Gasteiger partial charge in [0.25, 0.3) is 0 Å². The first-order valence-corrected chi connectivity index (χ1v) is 5.64. The third kappa shape index (κ3) is 3.51. The molecule has 0 saturated carbocycles. The highest BCUT2D eigenvalue weighted by Crippen LogP contribution is 2.16. The Morgan fingerprint density at radius 2 is 2.25 bits per heavy atom. The Labute approximate surface area is 97.6 Å². The minimum absolute atomic E-state index is 0.400. The van der Waals surface area contributed by atoms with Gasteiger partial charge in [0.2, 0.25) is 5.91 Å². The summed E-state index contributed by atoms with van der Waals surface area (Å²) in [7, 11) is 0. The lowest BCUT2D eigenvalue weighted by atomic mass is 10.2. The van der Waals surface area contributed by atoms with Crippen molar-refractivity contribution in [2.45, 2.75) is 19.9 Å². The van der Waals surface area contributed by atoms with E-state index in [1.54, 1.807) is 6.08 Å². The Balaban J connectivity index is 2.55. The first-order valence-electron chi connectivity index (χ1n) is 4.76. The molecule has 0 aromatic carbocycles. The van der Waals surface area contributed by atoms with Gasteiger partial charge in [0.1, 0.15) is 6.04 Å². The quantitative estimate of drug-likeness (QED) is 0.785. The molecule has 1 rings (SSSR count). The van der Waals surface area contributed by atoms with Gasteiger partial charge in [0, 0.05) is 11.0 Å². The molecule has 0 unspecified atom stereocenters. The molecule has 0 aliphatic carbocycles. The predicted octanol–water partition coefficient (Wildman–Crippen LogP) is 1.66. The maximum Gasteiger partial charge on any atom is 0.325 e. The second-order valence-electron chi connectivity index (χ2n) is 3.37. The molecular weight excluding hydrogens is 226 g/mol. The summed E-state index contributed by atoms with van der Waals surface area (Å²) in [4.78, 5) is 22.8. The molecule has 86 valence electrons. The number of carboxylic acid groups (broad SMARTS) is 1. The van der Waals surface area contributed by atoms with Crippen LogP contribution < -0.4 is 5.32 Å². The molecule has 0 aliphatic rings. The Morgan fingerprint density at radius 3 is 2.75 bits per heavy atom. The standard InChI is InChI=1S/C11H13NO3S/c1-7-5-6-16-9(7)3-4-10(13)12-8(2)11(14)15/h3-6,8H,1-2H3,(H,12,13)(H,14,15)/b4-3+/t8-/m0/s1. The summed E-state index contributed by atoms with van der Waals surface area (Å²) < 4.78 is 0. The molecular formula is C11H13NO3S. The first kappa shape index (κ1) is 12.4. The van der Waals surface area contributed by atoms with Crippen molar-refractivity contribution in [2.24, 2.45) is 0 Å². The average molecular weight is 239 g/mol. The van der Waals surface area contributed by atoms with Crippen LogP contribution in [0.5, 0.6) is 0 Å². The molecule has 0 radical (unpaired) electrons. The zero-order valence-electron chi connectivity index (χ0n) is 9.06. The molecule has 0 fully saturated rings. The van der Waals surface area contributed by atoms with Crippen molar-refractivity contribution in [1.82, 2.24) is 5.32 Å². The van der Waals surface area contributed by atoms with Crippen LogP contribution >= 0.6 is 11.3 Å². The van der Waals surface area contributed by atoms with E-state index in [0.29, 0.717) is 0 Å².